The van der Waals surface area contributed by atoms with Gasteiger partial charge in [-0.2, -0.15) is 0 Å². The molecule has 0 aliphatic carbocycles. The molecule has 4 aromatic rings. The Morgan fingerprint density at radius 1 is 0.781 bits per heavy atom. The maximum atomic E-state index is 13.0. The maximum Gasteiger partial charge on any atom is 0.261 e. The van der Waals surface area contributed by atoms with Crippen LogP contribution in [0.4, 0.5) is 5.69 Å². The standard InChI is InChI=1S/C25H23NO5S/c1-14-8-10-18(11-9-14)32(30,31)26-24-15(2)12-20(27)22(16(24)3)23-19-7-5-4-6-17(19)13-21(28)25(23)29/h4-13,26-29H,1-3H3. The number of nitrogens with one attached hydrogen (secondary N) is 1. The summed E-state index contributed by atoms with van der Waals surface area (Å²) in [6, 6.07) is 16.5. The lowest BCUT2D eigenvalue weighted by Gasteiger charge is -2.20. The van der Waals surface area contributed by atoms with Crippen molar-refractivity contribution in [3.63, 3.8) is 0 Å². The molecule has 0 spiro atoms. The van der Waals surface area contributed by atoms with E-state index in [-0.39, 0.29) is 27.5 Å². The summed E-state index contributed by atoms with van der Waals surface area (Å²) < 4.78 is 28.7. The number of aryl methyl sites for hydroxylation is 2. The van der Waals surface area contributed by atoms with Gasteiger partial charge in [0, 0.05) is 11.1 Å². The van der Waals surface area contributed by atoms with Crippen LogP contribution in [0, 0.1) is 20.8 Å². The zero-order valence-electron chi connectivity index (χ0n) is 17.8. The highest BCUT2D eigenvalue weighted by Crippen LogP contribution is 2.48. The number of hydrogen-bond acceptors (Lipinski definition) is 5. The molecule has 0 radical (unpaired) electrons. The number of rotatable bonds is 4. The fourth-order valence-electron chi connectivity index (χ4n) is 3.92. The quantitative estimate of drug-likeness (QED) is 0.248. The molecule has 0 saturated heterocycles. The van der Waals surface area contributed by atoms with E-state index < -0.39 is 15.8 Å². The summed E-state index contributed by atoms with van der Waals surface area (Å²) in [7, 11) is -3.89. The van der Waals surface area contributed by atoms with Gasteiger partial charge in [-0.1, -0.05) is 42.0 Å². The van der Waals surface area contributed by atoms with Crippen LogP contribution in [0.15, 0.2) is 65.6 Å². The van der Waals surface area contributed by atoms with Gasteiger partial charge in [0.25, 0.3) is 10.0 Å². The third-order valence-electron chi connectivity index (χ3n) is 5.57. The van der Waals surface area contributed by atoms with Crippen LogP contribution in [0.5, 0.6) is 17.2 Å². The van der Waals surface area contributed by atoms with Crippen LogP contribution in [0.2, 0.25) is 0 Å². The molecule has 0 saturated carbocycles. The van der Waals surface area contributed by atoms with Crippen LogP contribution < -0.4 is 4.72 Å². The van der Waals surface area contributed by atoms with Crippen molar-refractivity contribution in [2.45, 2.75) is 25.7 Å². The van der Waals surface area contributed by atoms with Gasteiger partial charge in [-0.25, -0.2) is 8.42 Å². The van der Waals surface area contributed by atoms with Gasteiger partial charge in [-0.15, -0.1) is 0 Å². The second-order valence-electron chi connectivity index (χ2n) is 7.85. The highest BCUT2D eigenvalue weighted by molar-refractivity contribution is 7.92. The molecular weight excluding hydrogens is 426 g/mol. The molecule has 4 aromatic carbocycles. The second kappa shape index (κ2) is 7.76. The number of anilines is 1. The molecule has 0 aliphatic heterocycles. The van der Waals surface area contributed by atoms with Gasteiger partial charge in [0.05, 0.1) is 10.6 Å². The molecule has 0 aromatic heterocycles. The third kappa shape index (κ3) is 3.61. The van der Waals surface area contributed by atoms with Gasteiger partial charge in [0.1, 0.15) is 5.75 Å². The van der Waals surface area contributed by atoms with Crippen LogP contribution in [0.3, 0.4) is 0 Å². The summed E-state index contributed by atoms with van der Waals surface area (Å²) in [6.07, 6.45) is 0. The van der Waals surface area contributed by atoms with Crippen molar-refractivity contribution in [2.75, 3.05) is 4.72 Å². The van der Waals surface area contributed by atoms with Crippen LogP contribution in [0.1, 0.15) is 16.7 Å². The lowest BCUT2D eigenvalue weighted by atomic mass is 9.91. The zero-order valence-corrected chi connectivity index (χ0v) is 18.7. The van der Waals surface area contributed by atoms with Gasteiger partial charge in [0.15, 0.2) is 11.5 Å². The minimum atomic E-state index is -3.89. The first-order chi connectivity index (χ1) is 15.1. The topological polar surface area (TPSA) is 107 Å². The molecule has 32 heavy (non-hydrogen) atoms. The minimum Gasteiger partial charge on any atom is -0.507 e. The number of sulfonamides is 1. The Labute approximate surface area is 186 Å². The summed E-state index contributed by atoms with van der Waals surface area (Å²) in [5, 5.41) is 33.0. The van der Waals surface area contributed by atoms with Crippen molar-refractivity contribution in [3.05, 3.63) is 77.4 Å². The normalized spacial score (nSPS) is 11.6. The van der Waals surface area contributed by atoms with E-state index in [1.807, 2.05) is 6.92 Å². The minimum absolute atomic E-state index is 0.113. The first kappa shape index (κ1) is 21.5. The van der Waals surface area contributed by atoms with E-state index in [9.17, 15) is 23.7 Å². The molecule has 164 valence electrons. The zero-order chi connectivity index (χ0) is 23.2. The Bertz CT molecular complexity index is 1460. The fourth-order valence-corrected chi connectivity index (χ4v) is 5.12. The van der Waals surface area contributed by atoms with E-state index in [1.165, 1.54) is 24.3 Å². The Balaban J connectivity index is 1.95. The summed E-state index contributed by atoms with van der Waals surface area (Å²) in [5.41, 5.74) is 2.64. The van der Waals surface area contributed by atoms with E-state index in [0.29, 0.717) is 27.6 Å². The largest absolute Gasteiger partial charge is 0.507 e. The van der Waals surface area contributed by atoms with E-state index >= 15 is 0 Å². The molecule has 0 atom stereocenters. The lowest BCUT2D eigenvalue weighted by molar-refractivity contribution is 0.406. The predicted molar refractivity (Wildman–Crippen MR) is 126 cm³/mol. The Morgan fingerprint density at radius 3 is 2.12 bits per heavy atom. The number of phenols is 3. The fraction of sp³-hybridized carbons (Fsp3) is 0.120. The first-order valence-corrected chi connectivity index (χ1v) is 11.4. The van der Waals surface area contributed by atoms with E-state index in [4.69, 9.17) is 0 Å². The molecule has 6 nitrogen and oxygen atoms in total. The van der Waals surface area contributed by atoms with Gasteiger partial charge in [0.2, 0.25) is 0 Å². The number of phenolic OH excluding ortho intramolecular Hbond substituents is 3. The van der Waals surface area contributed by atoms with Crippen molar-refractivity contribution >= 4 is 26.5 Å². The number of aromatic hydroxyl groups is 3. The van der Waals surface area contributed by atoms with E-state index in [1.54, 1.807) is 50.2 Å². The van der Waals surface area contributed by atoms with Crippen molar-refractivity contribution < 1.29 is 23.7 Å². The summed E-state index contributed by atoms with van der Waals surface area (Å²) >= 11 is 0. The van der Waals surface area contributed by atoms with Crippen LogP contribution >= 0.6 is 0 Å². The molecule has 0 unspecified atom stereocenters. The van der Waals surface area contributed by atoms with Crippen LogP contribution in [0.25, 0.3) is 21.9 Å². The Kier molecular flexibility index (Phi) is 5.22. The molecule has 0 heterocycles. The molecule has 0 fully saturated rings. The second-order valence-corrected chi connectivity index (χ2v) is 9.53. The highest BCUT2D eigenvalue weighted by atomic mass is 32.2. The number of hydrogen-bond donors (Lipinski definition) is 4. The summed E-state index contributed by atoms with van der Waals surface area (Å²) in [5.74, 6) is -0.859. The molecule has 0 aliphatic rings. The first-order valence-electron chi connectivity index (χ1n) is 9.97. The smallest absolute Gasteiger partial charge is 0.261 e. The Morgan fingerprint density at radius 2 is 1.44 bits per heavy atom. The van der Waals surface area contributed by atoms with Crippen LogP contribution in [-0.2, 0) is 10.0 Å². The van der Waals surface area contributed by atoms with Crippen molar-refractivity contribution in [1.82, 2.24) is 0 Å². The number of fused-ring (bicyclic) bond motifs is 1. The highest BCUT2D eigenvalue weighted by Gasteiger charge is 2.24. The molecule has 4 N–H and O–H groups in total. The summed E-state index contributed by atoms with van der Waals surface area (Å²) in [6.45, 7) is 5.22. The predicted octanol–water partition coefficient (Wildman–Crippen LogP) is 5.35. The van der Waals surface area contributed by atoms with Crippen molar-refractivity contribution in [1.29, 1.82) is 0 Å². The van der Waals surface area contributed by atoms with E-state index in [0.717, 1.165) is 5.56 Å². The molecular formula is C25H23NO5S. The third-order valence-corrected chi connectivity index (χ3v) is 6.94. The molecule has 4 rings (SSSR count). The summed E-state index contributed by atoms with van der Waals surface area (Å²) in [4.78, 5) is 0.113. The monoisotopic (exact) mass is 449 g/mol. The lowest BCUT2D eigenvalue weighted by Crippen LogP contribution is -2.15. The average Bonchev–Trinajstić information content (AvgIpc) is 2.74. The van der Waals surface area contributed by atoms with Gasteiger partial charge < -0.3 is 15.3 Å². The van der Waals surface area contributed by atoms with E-state index in [2.05, 4.69) is 4.72 Å². The average molecular weight is 450 g/mol. The van der Waals surface area contributed by atoms with Crippen LogP contribution in [-0.4, -0.2) is 23.7 Å². The molecule has 7 heteroatoms. The van der Waals surface area contributed by atoms with Gasteiger partial charge in [-0.05, 0) is 66.9 Å². The van der Waals surface area contributed by atoms with Crippen molar-refractivity contribution in [3.8, 4) is 28.4 Å². The van der Waals surface area contributed by atoms with Gasteiger partial charge in [-0.3, -0.25) is 4.72 Å². The van der Waals surface area contributed by atoms with Crippen molar-refractivity contribution in [2.24, 2.45) is 0 Å². The van der Waals surface area contributed by atoms with Gasteiger partial charge >= 0.3 is 0 Å². The SMILES string of the molecule is Cc1ccc(S(=O)(=O)Nc2c(C)cc(O)c(-c3c(O)c(O)cc4ccccc34)c2C)cc1. The molecule has 0 bridgehead atoms. The maximum absolute atomic E-state index is 13.0. The Hall–Kier alpha value is -3.71. The number of benzene rings is 4. The molecule has 0 amide bonds.